The number of hydrogen-bond donors (Lipinski definition) is 0. The number of esters is 1. The number of carbonyl (C=O) groups is 1. The molecule has 0 bridgehead atoms. The summed E-state index contributed by atoms with van der Waals surface area (Å²) in [5.74, 6) is 0.987. The van der Waals surface area contributed by atoms with Gasteiger partial charge in [-0.2, -0.15) is 4.99 Å². The molecule has 0 unspecified atom stereocenters. The Morgan fingerprint density at radius 1 is 1.21 bits per heavy atom. The summed E-state index contributed by atoms with van der Waals surface area (Å²) in [7, 11) is -1.17. The molecule has 0 spiro atoms. The first-order chi connectivity index (χ1) is 18.7. The number of benzene rings is 1. The second kappa shape index (κ2) is 11.7. The van der Waals surface area contributed by atoms with E-state index in [4.69, 9.17) is 14.5 Å². The second-order valence-electron chi connectivity index (χ2n) is 10.7. The molecule has 1 aliphatic heterocycles. The van der Waals surface area contributed by atoms with Crippen molar-refractivity contribution in [3.63, 3.8) is 0 Å². The minimum absolute atomic E-state index is 0.319. The number of ether oxygens (including phenoxy) is 2. The quantitative estimate of drug-likeness (QED) is 0.134. The van der Waals surface area contributed by atoms with Crippen molar-refractivity contribution in [2.24, 2.45) is 4.99 Å². The van der Waals surface area contributed by atoms with Gasteiger partial charge in [0.2, 0.25) is 0 Å². The number of para-hydroxylation sites is 1. The fourth-order valence-corrected chi connectivity index (χ4v) is 7.00. The Morgan fingerprint density at radius 2 is 2.03 bits per heavy atom. The Hall–Kier alpha value is -2.93. The summed E-state index contributed by atoms with van der Waals surface area (Å²) in [5.41, 5.74) is 3.55. The number of carbonyl (C=O) groups excluding carboxylic acids is 1. The van der Waals surface area contributed by atoms with Crippen LogP contribution in [-0.4, -0.2) is 53.6 Å². The van der Waals surface area contributed by atoms with Crippen LogP contribution in [0.25, 0.3) is 10.2 Å². The lowest BCUT2D eigenvalue weighted by atomic mass is 10.0. The number of hydrogen-bond acceptors (Lipinski definition) is 10. The van der Waals surface area contributed by atoms with Gasteiger partial charge in [0, 0.05) is 37.7 Å². The molecule has 0 atom stereocenters. The molecule has 0 fully saturated rings. The maximum atomic E-state index is 12.1. The van der Waals surface area contributed by atoms with Gasteiger partial charge < -0.3 is 14.4 Å². The summed E-state index contributed by atoms with van der Waals surface area (Å²) in [5, 5.41) is 11.6. The van der Waals surface area contributed by atoms with Crippen LogP contribution in [0.5, 0.6) is 0 Å². The third kappa shape index (κ3) is 6.13. The average Bonchev–Trinajstić information content (AvgIpc) is 3.53. The smallest absolute Gasteiger partial charge is 0.357 e. The van der Waals surface area contributed by atoms with Crippen LogP contribution in [0.15, 0.2) is 34.6 Å². The Balaban J connectivity index is 1.47. The monoisotopic (exact) mass is 582 g/mol. The molecule has 0 saturated carbocycles. The minimum atomic E-state index is -1.17. The zero-order chi connectivity index (χ0) is 27.6. The molecule has 39 heavy (non-hydrogen) atoms. The number of rotatable bonds is 9. The first-order valence-corrected chi connectivity index (χ1v) is 18.6. The molecule has 1 aromatic carbocycles. The minimum Gasteiger partial charge on any atom is -0.461 e. The highest BCUT2D eigenvalue weighted by Gasteiger charge is 2.26. The highest BCUT2D eigenvalue weighted by Crippen LogP contribution is 2.37. The van der Waals surface area contributed by atoms with Crippen LogP contribution in [0.1, 0.15) is 35.0 Å². The van der Waals surface area contributed by atoms with Crippen LogP contribution < -0.4 is 9.70 Å². The van der Waals surface area contributed by atoms with Crippen LogP contribution in [-0.2, 0) is 22.6 Å². The van der Waals surface area contributed by atoms with Crippen LogP contribution >= 0.6 is 22.7 Å². The predicted molar refractivity (Wildman–Crippen MR) is 159 cm³/mol. The highest BCUT2D eigenvalue weighted by molar-refractivity contribution is 7.16. The summed E-state index contributed by atoms with van der Waals surface area (Å²) >= 11 is 3.04. The number of fused-ring (bicyclic) bond motifs is 2. The number of nitrogens with zero attached hydrogens (tertiary/aromatic N) is 6. The van der Waals surface area contributed by atoms with Crippen molar-refractivity contribution in [3.8, 4) is 0 Å². The molecule has 0 aliphatic carbocycles. The molecule has 3 aromatic heterocycles. The van der Waals surface area contributed by atoms with Crippen molar-refractivity contribution < 1.29 is 14.3 Å². The number of thiazole rings is 2. The fourth-order valence-electron chi connectivity index (χ4n) is 4.40. The lowest BCUT2D eigenvalue weighted by molar-refractivity contribution is 0.0520. The van der Waals surface area contributed by atoms with Crippen LogP contribution in [0.4, 0.5) is 16.8 Å². The molecule has 0 N–H and O–H groups in total. The SMILES string of the molecule is CCOC(=O)c1csc(N2CCCc3c2nnc(/N=c2\sc4ccccc4n2COCC[Si](C)(C)C)c3C)n1. The van der Waals surface area contributed by atoms with Gasteiger partial charge in [-0.25, -0.2) is 9.78 Å². The summed E-state index contributed by atoms with van der Waals surface area (Å²) in [6, 6.07) is 9.42. The van der Waals surface area contributed by atoms with E-state index >= 15 is 0 Å². The summed E-state index contributed by atoms with van der Waals surface area (Å²) in [6.07, 6.45) is 1.83. The van der Waals surface area contributed by atoms with Gasteiger partial charge in [0.1, 0.15) is 6.73 Å². The van der Waals surface area contributed by atoms with E-state index in [0.29, 0.717) is 24.8 Å². The lowest BCUT2D eigenvalue weighted by Gasteiger charge is -2.28. The fraction of sp³-hybridized carbons (Fsp3) is 0.444. The van der Waals surface area contributed by atoms with Crippen LogP contribution in [0.3, 0.4) is 0 Å². The molecule has 12 heteroatoms. The zero-order valence-corrected chi connectivity index (χ0v) is 25.7. The topological polar surface area (TPSA) is 94.7 Å². The highest BCUT2D eigenvalue weighted by atomic mass is 32.1. The molecule has 0 radical (unpaired) electrons. The van der Waals surface area contributed by atoms with Crippen molar-refractivity contribution in [3.05, 3.63) is 51.3 Å². The third-order valence-corrected chi connectivity index (χ3v) is 10.2. The van der Waals surface area contributed by atoms with Gasteiger partial charge in [-0.05, 0) is 44.9 Å². The molecule has 0 saturated heterocycles. The molecular weight excluding hydrogens is 549 g/mol. The van der Waals surface area contributed by atoms with Crippen molar-refractivity contribution in [1.29, 1.82) is 0 Å². The van der Waals surface area contributed by atoms with E-state index in [1.165, 1.54) is 11.3 Å². The number of anilines is 2. The maximum absolute atomic E-state index is 12.1. The van der Waals surface area contributed by atoms with Gasteiger partial charge in [-0.15, -0.1) is 21.5 Å². The van der Waals surface area contributed by atoms with Gasteiger partial charge in [0.05, 0.1) is 16.8 Å². The van der Waals surface area contributed by atoms with Gasteiger partial charge in [0.25, 0.3) is 0 Å². The van der Waals surface area contributed by atoms with Gasteiger partial charge in [-0.1, -0.05) is 43.1 Å². The zero-order valence-electron chi connectivity index (χ0n) is 23.1. The van der Waals surface area contributed by atoms with E-state index in [0.717, 1.165) is 69.1 Å². The Kier molecular flexibility index (Phi) is 8.26. The van der Waals surface area contributed by atoms with Crippen molar-refractivity contribution >= 4 is 63.7 Å². The first kappa shape index (κ1) is 27.6. The molecule has 0 amide bonds. The van der Waals surface area contributed by atoms with E-state index in [1.54, 1.807) is 23.6 Å². The van der Waals surface area contributed by atoms with Gasteiger partial charge in [-0.3, -0.25) is 4.57 Å². The number of aromatic nitrogens is 4. The van der Waals surface area contributed by atoms with Crippen LogP contribution in [0.2, 0.25) is 25.7 Å². The van der Waals surface area contributed by atoms with Crippen molar-refractivity contribution in [2.45, 2.75) is 59.1 Å². The Morgan fingerprint density at radius 3 is 2.82 bits per heavy atom. The molecule has 4 heterocycles. The van der Waals surface area contributed by atoms with E-state index < -0.39 is 14.0 Å². The molecule has 1 aliphatic rings. The molecule has 5 rings (SSSR count). The van der Waals surface area contributed by atoms with E-state index in [1.807, 2.05) is 17.0 Å². The molecule has 9 nitrogen and oxygen atoms in total. The molecule has 206 valence electrons. The maximum Gasteiger partial charge on any atom is 0.357 e. The summed E-state index contributed by atoms with van der Waals surface area (Å²) in [6.45, 7) is 13.2. The van der Waals surface area contributed by atoms with E-state index in [2.05, 4.69) is 58.4 Å². The Labute approximate surface area is 237 Å². The standard InChI is InChI=1S/C27H34N6O3S2Si/c1-6-36-25(34)20-16-37-26(28-20)32-13-9-10-19-18(2)23(30-31-24(19)32)29-27-33(17-35-14-15-39(3,4)5)21-11-7-8-12-22(21)38-27/h7-8,11-12,16H,6,9-10,13-15,17H2,1-5H3/b29-27-. The summed E-state index contributed by atoms with van der Waals surface area (Å²) < 4.78 is 14.5. The average molecular weight is 583 g/mol. The Bertz CT molecular complexity index is 1560. The predicted octanol–water partition coefficient (Wildman–Crippen LogP) is 6.06. The van der Waals surface area contributed by atoms with E-state index in [9.17, 15) is 4.79 Å². The second-order valence-corrected chi connectivity index (χ2v) is 18.1. The first-order valence-electron chi connectivity index (χ1n) is 13.2. The van der Waals surface area contributed by atoms with Gasteiger partial charge >= 0.3 is 5.97 Å². The van der Waals surface area contributed by atoms with Gasteiger partial charge in [0.15, 0.2) is 27.3 Å². The summed E-state index contributed by atoms with van der Waals surface area (Å²) in [4.78, 5) is 24.5. The molecular formula is C27H34N6O3S2Si. The normalized spacial score (nSPS) is 14.2. The third-order valence-electron chi connectivity index (χ3n) is 6.58. The van der Waals surface area contributed by atoms with Crippen LogP contribution in [0, 0.1) is 6.92 Å². The molecule has 4 aromatic rings. The largest absolute Gasteiger partial charge is 0.461 e. The van der Waals surface area contributed by atoms with E-state index in [-0.39, 0.29) is 0 Å². The van der Waals surface area contributed by atoms with Crippen molar-refractivity contribution in [1.82, 2.24) is 19.7 Å². The lowest BCUT2D eigenvalue weighted by Crippen LogP contribution is -2.27. The van der Waals surface area contributed by atoms with Crippen molar-refractivity contribution in [2.75, 3.05) is 24.7 Å².